The average Bonchev–Trinajstić information content (AvgIpc) is 2.55. The van der Waals surface area contributed by atoms with Gasteiger partial charge in [0.25, 0.3) is 0 Å². The zero-order valence-corrected chi connectivity index (χ0v) is 12.6. The van der Waals surface area contributed by atoms with E-state index in [0.29, 0.717) is 5.41 Å². The van der Waals surface area contributed by atoms with Crippen LogP contribution in [0, 0.1) is 11.5 Å². The number of allylic oxidation sites excluding steroid dienone is 4. The van der Waals surface area contributed by atoms with Crippen LogP contribution in [-0.4, -0.2) is 0 Å². The van der Waals surface area contributed by atoms with Crippen molar-refractivity contribution in [3.63, 3.8) is 0 Å². The van der Waals surface area contributed by atoms with Crippen LogP contribution >= 0.6 is 24.8 Å². The largest absolute Gasteiger partial charge is 0.269 e. The van der Waals surface area contributed by atoms with Crippen molar-refractivity contribution < 1.29 is 26.2 Å². The third kappa shape index (κ3) is 3.51. The Labute approximate surface area is 119 Å². The van der Waals surface area contributed by atoms with Gasteiger partial charge in [-0.05, 0) is 18.3 Å². The van der Waals surface area contributed by atoms with Crippen molar-refractivity contribution in [3.8, 4) is 0 Å². The Kier molecular flexibility index (Phi) is 8.99. The summed E-state index contributed by atoms with van der Waals surface area (Å²) in [7, 11) is 0. The second-order valence-electron chi connectivity index (χ2n) is 3.96. The van der Waals surface area contributed by atoms with Gasteiger partial charge < -0.3 is 0 Å². The summed E-state index contributed by atoms with van der Waals surface area (Å²) >= 11 is 0. The summed E-state index contributed by atoms with van der Waals surface area (Å²) < 4.78 is 0. The van der Waals surface area contributed by atoms with Crippen LogP contribution in [0.2, 0.25) is 0 Å². The van der Waals surface area contributed by atoms with Crippen molar-refractivity contribution >= 4 is 24.8 Å². The summed E-state index contributed by atoms with van der Waals surface area (Å²) in [6.07, 6.45) is 14.6. The molecule has 0 bridgehead atoms. The third-order valence-corrected chi connectivity index (χ3v) is 3.05. The average molecular weight is 311 g/mol. The molecule has 0 N–H and O–H groups in total. The minimum Gasteiger partial charge on any atom is -0.269 e. The van der Waals surface area contributed by atoms with E-state index < -0.39 is 0 Å². The molecular formula is C11H17Cl2Zr-. The smallest absolute Gasteiger partial charge is 0 e. The minimum absolute atomic E-state index is 0. The Morgan fingerprint density at radius 2 is 1.79 bits per heavy atom. The van der Waals surface area contributed by atoms with Crippen molar-refractivity contribution in [2.24, 2.45) is 5.41 Å². The molecule has 0 nitrogen and oxygen atoms in total. The molecule has 80 valence electrons. The van der Waals surface area contributed by atoms with Crippen LogP contribution < -0.4 is 0 Å². The molecule has 3 heteroatoms. The van der Waals surface area contributed by atoms with E-state index in [1.807, 2.05) is 0 Å². The molecule has 1 fully saturated rings. The molecular weight excluding hydrogens is 294 g/mol. The van der Waals surface area contributed by atoms with E-state index in [-0.39, 0.29) is 51.0 Å². The van der Waals surface area contributed by atoms with Gasteiger partial charge in [0.2, 0.25) is 0 Å². The molecule has 0 heterocycles. The van der Waals surface area contributed by atoms with Crippen LogP contribution in [0.3, 0.4) is 0 Å². The van der Waals surface area contributed by atoms with Crippen molar-refractivity contribution in [2.45, 2.75) is 39.0 Å². The minimum atomic E-state index is 0. The Balaban J connectivity index is 0. The van der Waals surface area contributed by atoms with Crippen LogP contribution in [0.4, 0.5) is 0 Å². The first kappa shape index (κ1) is 17.3. The maximum atomic E-state index is 3.44. The van der Waals surface area contributed by atoms with Crippen LogP contribution in [-0.2, 0) is 26.2 Å². The summed E-state index contributed by atoms with van der Waals surface area (Å²) in [5.74, 6) is 0. The van der Waals surface area contributed by atoms with Gasteiger partial charge in [0.15, 0.2) is 0 Å². The number of rotatable bonds is 1. The Hall–Kier alpha value is 0.943. The van der Waals surface area contributed by atoms with Gasteiger partial charge >= 0.3 is 0 Å². The molecule has 2 rings (SSSR count). The second kappa shape index (κ2) is 7.26. The van der Waals surface area contributed by atoms with Crippen LogP contribution in [0.15, 0.2) is 17.7 Å². The van der Waals surface area contributed by atoms with Gasteiger partial charge in [-0.3, -0.25) is 6.08 Å². The first-order valence-corrected chi connectivity index (χ1v) is 4.59. The number of hydrogen-bond donors (Lipinski definition) is 0. The van der Waals surface area contributed by atoms with Gasteiger partial charge in [0.1, 0.15) is 0 Å². The summed E-state index contributed by atoms with van der Waals surface area (Å²) in [6.45, 7) is 2.39. The first-order chi connectivity index (χ1) is 5.31. The summed E-state index contributed by atoms with van der Waals surface area (Å²) in [5.41, 5.74) is 1.97. The normalized spacial score (nSPS) is 21.6. The molecule has 0 amide bonds. The molecule has 0 unspecified atom stereocenters. The first-order valence-electron chi connectivity index (χ1n) is 4.59. The van der Waals surface area contributed by atoms with E-state index in [2.05, 4.69) is 25.2 Å². The predicted molar refractivity (Wildman–Crippen MR) is 61.6 cm³/mol. The Morgan fingerprint density at radius 3 is 2.21 bits per heavy atom. The number of hydrogen-bond acceptors (Lipinski definition) is 0. The predicted octanol–water partition coefficient (Wildman–Crippen LogP) is 4.10. The van der Waals surface area contributed by atoms with Crippen molar-refractivity contribution in [1.29, 1.82) is 0 Å². The molecule has 0 aromatic heterocycles. The third-order valence-electron chi connectivity index (χ3n) is 3.05. The molecule has 2 aliphatic carbocycles. The van der Waals surface area contributed by atoms with Crippen LogP contribution in [0.5, 0.6) is 0 Å². The van der Waals surface area contributed by atoms with Crippen LogP contribution in [0.1, 0.15) is 39.0 Å². The van der Waals surface area contributed by atoms with Crippen molar-refractivity contribution in [3.05, 3.63) is 23.8 Å². The van der Waals surface area contributed by atoms with Crippen molar-refractivity contribution in [1.82, 2.24) is 0 Å². The van der Waals surface area contributed by atoms with Gasteiger partial charge in [0.05, 0.1) is 0 Å². The topological polar surface area (TPSA) is 0 Å². The fourth-order valence-electron chi connectivity index (χ4n) is 2.24. The molecule has 0 radical (unpaired) electrons. The molecule has 1 saturated carbocycles. The van der Waals surface area contributed by atoms with Gasteiger partial charge in [0, 0.05) is 26.2 Å². The summed E-state index contributed by atoms with van der Waals surface area (Å²) in [6, 6.07) is 0. The Morgan fingerprint density at radius 1 is 1.21 bits per heavy atom. The van der Waals surface area contributed by atoms with E-state index in [0.717, 1.165) is 6.42 Å². The van der Waals surface area contributed by atoms with Gasteiger partial charge in [-0.25, -0.2) is 11.6 Å². The summed E-state index contributed by atoms with van der Waals surface area (Å²) in [4.78, 5) is 0. The van der Waals surface area contributed by atoms with E-state index in [1.165, 1.54) is 31.3 Å². The second-order valence-corrected chi connectivity index (χ2v) is 3.96. The Bertz CT molecular complexity index is 215. The molecule has 0 atom stereocenters. The molecule has 0 saturated heterocycles. The zero-order chi connectivity index (χ0) is 7.73. The summed E-state index contributed by atoms with van der Waals surface area (Å²) in [5, 5.41) is 0. The molecule has 14 heavy (non-hydrogen) atoms. The number of halogens is 2. The maximum Gasteiger partial charge on any atom is 0 e. The maximum absolute atomic E-state index is 3.44. The molecule has 0 aliphatic heterocycles. The molecule has 2 aliphatic rings. The fraction of sp³-hybridized carbons (Fsp3) is 0.636. The SMILES string of the molecule is CC1(C2=[C-]CC=C2)CCCC1.Cl.Cl.[Zr]. The van der Waals surface area contributed by atoms with E-state index in [1.54, 1.807) is 0 Å². The monoisotopic (exact) mass is 309 g/mol. The zero-order valence-electron chi connectivity index (χ0n) is 8.51. The standard InChI is InChI=1S/C11H15.2ClH.Zr/c1-11(8-4-5-9-11)10-6-2-3-7-10;;;/h2,6H,3-5,8-9H2,1H3;2*1H;/q-1;;;. The van der Waals surface area contributed by atoms with E-state index >= 15 is 0 Å². The molecule has 0 aromatic carbocycles. The quantitative estimate of drug-likeness (QED) is 0.640. The van der Waals surface area contributed by atoms with E-state index in [9.17, 15) is 0 Å². The fourth-order valence-corrected chi connectivity index (χ4v) is 2.24. The van der Waals surface area contributed by atoms with Crippen molar-refractivity contribution in [2.75, 3.05) is 0 Å². The van der Waals surface area contributed by atoms with Gasteiger partial charge in [-0.15, -0.1) is 31.2 Å². The van der Waals surface area contributed by atoms with Gasteiger partial charge in [-0.2, -0.15) is 6.08 Å². The molecule has 0 spiro atoms. The van der Waals surface area contributed by atoms with Crippen LogP contribution in [0.25, 0.3) is 0 Å². The van der Waals surface area contributed by atoms with E-state index in [4.69, 9.17) is 0 Å². The molecule has 0 aromatic rings. The van der Waals surface area contributed by atoms with Gasteiger partial charge in [-0.1, -0.05) is 19.8 Å².